The molecule has 1 saturated heterocycles. The van der Waals surface area contributed by atoms with Crippen LogP contribution in [0.5, 0.6) is 0 Å². The zero-order valence-corrected chi connectivity index (χ0v) is 19.9. The van der Waals surface area contributed by atoms with Gasteiger partial charge in [-0.05, 0) is 54.1 Å². The van der Waals surface area contributed by atoms with E-state index in [1.165, 1.54) is 23.8 Å². The number of aromatic nitrogens is 1. The van der Waals surface area contributed by atoms with E-state index in [2.05, 4.69) is 22.8 Å². The van der Waals surface area contributed by atoms with E-state index in [1.54, 1.807) is 6.08 Å². The second-order valence-corrected chi connectivity index (χ2v) is 9.49. The fourth-order valence-corrected chi connectivity index (χ4v) is 5.24. The van der Waals surface area contributed by atoms with Gasteiger partial charge < -0.3 is 4.57 Å². The summed E-state index contributed by atoms with van der Waals surface area (Å²) >= 11 is 7.02. The van der Waals surface area contributed by atoms with E-state index < -0.39 is 5.82 Å². The molecule has 1 aromatic heterocycles. The molecular weight excluding hydrogens is 471 g/mol. The van der Waals surface area contributed by atoms with Crippen LogP contribution >= 0.6 is 23.4 Å². The lowest BCUT2D eigenvalue weighted by atomic mass is 10.1. The van der Waals surface area contributed by atoms with E-state index in [4.69, 9.17) is 11.6 Å². The molecule has 5 rings (SSSR count). The van der Waals surface area contributed by atoms with Crippen molar-refractivity contribution in [3.63, 3.8) is 0 Å². The van der Waals surface area contributed by atoms with Crippen LogP contribution in [0, 0.1) is 12.7 Å². The van der Waals surface area contributed by atoms with Crippen LogP contribution < -0.4 is 0 Å². The molecule has 2 amide bonds. The molecule has 3 aromatic carbocycles. The predicted molar refractivity (Wildman–Crippen MR) is 135 cm³/mol. The third-order valence-electron chi connectivity index (χ3n) is 5.96. The fourth-order valence-electron chi connectivity index (χ4n) is 4.20. The van der Waals surface area contributed by atoms with Crippen molar-refractivity contribution >= 4 is 51.5 Å². The van der Waals surface area contributed by atoms with Crippen molar-refractivity contribution in [1.29, 1.82) is 0 Å². The summed E-state index contributed by atoms with van der Waals surface area (Å²) in [6.45, 7) is 2.72. The Morgan fingerprint density at radius 3 is 2.47 bits per heavy atom. The zero-order chi connectivity index (χ0) is 23.8. The number of hydrogen-bond donors (Lipinski definition) is 0. The average Bonchev–Trinajstić information content (AvgIpc) is 3.24. The molecule has 1 aliphatic heterocycles. The second-order valence-electron chi connectivity index (χ2n) is 8.09. The summed E-state index contributed by atoms with van der Waals surface area (Å²) in [5.41, 5.74) is 4.68. The largest absolute Gasteiger partial charge is 0.340 e. The van der Waals surface area contributed by atoms with Crippen molar-refractivity contribution in [1.82, 2.24) is 9.47 Å². The number of rotatable bonds is 5. The van der Waals surface area contributed by atoms with Crippen LogP contribution in [0.1, 0.15) is 22.4 Å². The second kappa shape index (κ2) is 9.12. The minimum atomic E-state index is -0.467. The third-order valence-corrected chi connectivity index (χ3v) is 7.22. The van der Waals surface area contributed by atoms with E-state index in [0.29, 0.717) is 17.0 Å². The summed E-state index contributed by atoms with van der Waals surface area (Å²) in [6.07, 6.45) is 1.80. The lowest BCUT2D eigenvalue weighted by Crippen LogP contribution is -2.27. The smallest absolute Gasteiger partial charge is 0.293 e. The molecular formula is C27H20ClFN2O2S. The summed E-state index contributed by atoms with van der Waals surface area (Å²) in [6, 6.07) is 22.2. The number of halogens is 2. The minimum absolute atomic E-state index is 0.00410. The molecule has 0 atom stereocenters. The van der Waals surface area contributed by atoms with Gasteiger partial charge in [0.05, 0.1) is 11.4 Å². The molecule has 170 valence electrons. The van der Waals surface area contributed by atoms with Gasteiger partial charge in [0.1, 0.15) is 5.82 Å². The number of carbonyl (C=O) groups is 2. The van der Waals surface area contributed by atoms with Gasteiger partial charge in [-0.2, -0.15) is 0 Å². The molecule has 2 heterocycles. The van der Waals surface area contributed by atoms with Gasteiger partial charge in [0.2, 0.25) is 0 Å². The summed E-state index contributed by atoms with van der Waals surface area (Å²) in [5, 5.41) is 0.828. The van der Waals surface area contributed by atoms with E-state index in [1.807, 2.05) is 43.3 Å². The summed E-state index contributed by atoms with van der Waals surface area (Å²) in [7, 11) is 0. The number of imide groups is 1. The van der Waals surface area contributed by atoms with Gasteiger partial charge in [-0.1, -0.05) is 66.2 Å². The van der Waals surface area contributed by atoms with Gasteiger partial charge in [0.25, 0.3) is 11.1 Å². The molecule has 4 nitrogen and oxygen atoms in total. The first-order chi connectivity index (χ1) is 16.4. The predicted octanol–water partition coefficient (Wildman–Crippen LogP) is 7.03. The molecule has 0 bridgehead atoms. The summed E-state index contributed by atoms with van der Waals surface area (Å²) in [4.78, 5) is 27.3. The van der Waals surface area contributed by atoms with Crippen molar-refractivity contribution in [2.75, 3.05) is 0 Å². The zero-order valence-electron chi connectivity index (χ0n) is 18.3. The molecule has 7 heteroatoms. The standard InChI is InChI=1S/C27H20ClFN2O2S/c1-17-22(21-9-5-6-10-24(21)30(17)15-18-7-3-2-4-8-18)14-25-26(32)31(27(33)34-25)16-19-11-12-20(29)13-23(19)28/h2-14H,15-16H2,1H3/b25-14-. The maximum absolute atomic E-state index is 13.4. The molecule has 0 unspecified atom stereocenters. The maximum Gasteiger partial charge on any atom is 0.293 e. The van der Waals surface area contributed by atoms with Crippen molar-refractivity contribution in [3.8, 4) is 0 Å². The van der Waals surface area contributed by atoms with Crippen LogP contribution in [0.4, 0.5) is 9.18 Å². The number of carbonyl (C=O) groups excluding carboxylic acids is 2. The number of hydrogen-bond acceptors (Lipinski definition) is 3. The highest BCUT2D eigenvalue weighted by molar-refractivity contribution is 8.18. The molecule has 0 aliphatic carbocycles. The Balaban J connectivity index is 1.50. The quantitative estimate of drug-likeness (QED) is 0.282. The Hall–Kier alpha value is -3.35. The maximum atomic E-state index is 13.4. The van der Waals surface area contributed by atoms with Crippen molar-refractivity contribution in [2.24, 2.45) is 0 Å². The molecule has 0 saturated carbocycles. The number of fused-ring (bicyclic) bond motifs is 1. The average molecular weight is 491 g/mol. The summed E-state index contributed by atoms with van der Waals surface area (Å²) in [5.74, 6) is -0.847. The Kier molecular flexibility index (Phi) is 6.02. The normalized spacial score (nSPS) is 15.1. The van der Waals surface area contributed by atoms with Crippen molar-refractivity contribution in [2.45, 2.75) is 20.0 Å². The van der Waals surface area contributed by atoms with Crippen LogP contribution in [0.2, 0.25) is 5.02 Å². The van der Waals surface area contributed by atoms with Crippen LogP contribution in [0.25, 0.3) is 17.0 Å². The van der Waals surface area contributed by atoms with Crippen molar-refractivity contribution < 1.29 is 14.0 Å². The van der Waals surface area contributed by atoms with Gasteiger partial charge >= 0.3 is 0 Å². The monoisotopic (exact) mass is 490 g/mol. The first kappa shape index (κ1) is 22.4. The Labute approximate surface area is 205 Å². The first-order valence-electron chi connectivity index (χ1n) is 10.7. The highest BCUT2D eigenvalue weighted by Crippen LogP contribution is 2.37. The van der Waals surface area contributed by atoms with Gasteiger partial charge in [-0.15, -0.1) is 0 Å². The van der Waals surface area contributed by atoms with Gasteiger partial charge in [-0.25, -0.2) is 4.39 Å². The van der Waals surface area contributed by atoms with Crippen molar-refractivity contribution in [3.05, 3.63) is 111 Å². The highest BCUT2D eigenvalue weighted by atomic mass is 35.5. The van der Waals surface area contributed by atoms with E-state index in [0.717, 1.165) is 38.8 Å². The molecule has 1 fully saturated rings. The minimum Gasteiger partial charge on any atom is -0.340 e. The Bertz CT molecular complexity index is 1460. The number of amides is 2. The van der Waals surface area contributed by atoms with Gasteiger partial charge in [0.15, 0.2) is 0 Å². The van der Waals surface area contributed by atoms with E-state index in [-0.39, 0.29) is 22.7 Å². The Morgan fingerprint density at radius 2 is 1.71 bits per heavy atom. The number of nitrogens with zero attached hydrogens (tertiary/aromatic N) is 2. The molecule has 4 aromatic rings. The lowest BCUT2D eigenvalue weighted by molar-refractivity contribution is -0.123. The van der Waals surface area contributed by atoms with Crippen LogP contribution in [0.3, 0.4) is 0 Å². The number of thioether (sulfide) groups is 1. The topological polar surface area (TPSA) is 42.3 Å². The van der Waals surface area contributed by atoms with E-state index >= 15 is 0 Å². The summed E-state index contributed by atoms with van der Waals surface area (Å²) < 4.78 is 15.6. The van der Waals surface area contributed by atoms with Gasteiger partial charge in [-0.3, -0.25) is 14.5 Å². The molecule has 34 heavy (non-hydrogen) atoms. The SMILES string of the molecule is Cc1c(/C=C2\SC(=O)N(Cc3ccc(F)cc3Cl)C2=O)c2ccccc2n1Cc1ccccc1. The third kappa shape index (κ3) is 4.15. The molecule has 0 spiro atoms. The highest BCUT2D eigenvalue weighted by Gasteiger charge is 2.35. The Morgan fingerprint density at radius 1 is 0.971 bits per heavy atom. The van der Waals surface area contributed by atoms with Gasteiger partial charge in [0, 0.05) is 33.7 Å². The number of benzene rings is 3. The number of para-hydroxylation sites is 1. The van der Waals surface area contributed by atoms with Crippen LogP contribution in [-0.4, -0.2) is 20.6 Å². The molecule has 1 aliphatic rings. The molecule has 0 radical (unpaired) electrons. The first-order valence-corrected chi connectivity index (χ1v) is 11.9. The van der Waals surface area contributed by atoms with Crippen LogP contribution in [0.15, 0.2) is 77.7 Å². The van der Waals surface area contributed by atoms with E-state index in [9.17, 15) is 14.0 Å². The fraction of sp³-hybridized carbons (Fsp3) is 0.111. The lowest BCUT2D eigenvalue weighted by Gasteiger charge is -2.13. The van der Waals surface area contributed by atoms with Crippen LogP contribution in [-0.2, 0) is 17.9 Å². The molecule has 0 N–H and O–H groups in total.